The van der Waals surface area contributed by atoms with Crippen LogP contribution in [0.2, 0.25) is 0 Å². The smallest absolute Gasteiger partial charge is 0.0108 e. The summed E-state index contributed by atoms with van der Waals surface area (Å²) in [6.45, 7) is 2.16. The summed E-state index contributed by atoms with van der Waals surface area (Å²) >= 11 is 0. The van der Waals surface area contributed by atoms with E-state index in [0.29, 0.717) is 12.0 Å². The van der Waals surface area contributed by atoms with Gasteiger partial charge in [0.05, 0.1) is 0 Å². The van der Waals surface area contributed by atoms with Crippen LogP contribution in [0, 0.1) is 6.92 Å². The maximum Gasteiger partial charge on any atom is 0.0108 e. The van der Waals surface area contributed by atoms with Gasteiger partial charge in [-0.05, 0) is 31.2 Å². The minimum atomic E-state index is 0.370. The summed E-state index contributed by atoms with van der Waals surface area (Å²) in [7, 11) is 0. The molecule has 1 heteroatoms. The normalized spacial score (nSPS) is 27.3. The fourth-order valence-corrected chi connectivity index (χ4v) is 2.65. The first-order chi connectivity index (χ1) is 7.27. The lowest BCUT2D eigenvalue weighted by Crippen LogP contribution is -2.27. The lowest BCUT2D eigenvalue weighted by Gasteiger charge is -2.22. The van der Waals surface area contributed by atoms with Gasteiger partial charge in [0, 0.05) is 6.04 Å². The standard InChI is InChI=1S/C14H21N/c1-11-6-5-7-12(10-11)13-8-3-2-4-9-14(13)15/h5-7,10,13-14H,2-4,8-9,15H2,1H3. The fraction of sp³-hybridized carbons (Fsp3) is 0.571. The molecule has 0 heterocycles. The molecule has 1 aromatic carbocycles. The first-order valence-electron chi connectivity index (χ1n) is 6.09. The molecule has 2 N–H and O–H groups in total. The molecule has 0 aromatic heterocycles. The molecule has 1 nitrogen and oxygen atoms in total. The predicted octanol–water partition coefficient (Wildman–Crippen LogP) is 3.37. The summed E-state index contributed by atoms with van der Waals surface area (Å²) in [5.74, 6) is 0.590. The number of rotatable bonds is 1. The van der Waals surface area contributed by atoms with Crippen LogP contribution in [0.4, 0.5) is 0 Å². The lowest BCUT2D eigenvalue weighted by atomic mass is 9.87. The zero-order chi connectivity index (χ0) is 10.7. The molecular formula is C14H21N. The van der Waals surface area contributed by atoms with Crippen LogP contribution in [0.5, 0.6) is 0 Å². The Morgan fingerprint density at radius 3 is 2.73 bits per heavy atom. The molecule has 0 amide bonds. The predicted molar refractivity (Wildman–Crippen MR) is 65.0 cm³/mol. The van der Waals surface area contributed by atoms with Gasteiger partial charge in [-0.3, -0.25) is 0 Å². The molecule has 2 rings (SSSR count). The van der Waals surface area contributed by atoms with Crippen molar-refractivity contribution in [3.05, 3.63) is 35.4 Å². The summed E-state index contributed by atoms with van der Waals surface area (Å²) in [5, 5.41) is 0. The third kappa shape index (κ3) is 2.60. The molecular weight excluding hydrogens is 182 g/mol. The van der Waals surface area contributed by atoms with Gasteiger partial charge >= 0.3 is 0 Å². The second-order valence-corrected chi connectivity index (χ2v) is 4.82. The molecule has 0 aliphatic heterocycles. The molecule has 1 saturated carbocycles. The van der Waals surface area contributed by atoms with E-state index in [2.05, 4.69) is 31.2 Å². The third-order valence-corrected chi connectivity index (χ3v) is 3.54. The van der Waals surface area contributed by atoms with E-state index in [1.54, 1.807) is 0 Å². The molecule has 0 bridgehead atoms. The Kier molecular flexibility index (Phi) is 3.42. The van der Waals surface area contributed by atoms with E-state index in [-0.39, 0.29) is 0 Å². The zero-order valence-electron chi connectivity index (χ0n) is 9.58. The van der Waals surface area contributed by atoms with Crippen LogP contribution in [-0.4, -0.2) is 6.04 Å². The highest BCUT2D eigenvalue weighted by molar-refractivity contribution is 5.26. The summed E-state index contributed by atoms with van der Waals surface area (Å²) in [6.07, 6.45) is 6.47. The van der Waals surface area contributed by atoms with Gasteiger partial charge in [0.15, 0.2) is 0 Å². The van der Waals surface area contributed by atoms with Crippen LogP contribution in [0.3, 0.4) is 0 Å². The highest BCUT2D eigenvalue weighted by atomic mass is 14.6. The SMILES string of the molecule is Cc1cccc(C2CCCCCC2N)c1. The van der Waals surface area contributed by atoms with Gasteiger partial charge in [0.2, 0.25) is 0 Å². The highest BCUT2D eigenvalue weighted by Gasteiger charge is 2.21. The minimum Gasteiger partial charge on any atom is -0.327 e. The average molecular weight is 203 g/mol. The summed E-state index contributed by atoms with van der Waals surface area (Å²) in [6, 6.07) is 9.22. The topological polar surface area (TPSA) is 26.0 Å². The van der Waals surface area contributed by atoms with Crippen LogP contribution in [-0.2, 0) is 0 Å². The van der Waals surface area contributed by atoms with E-state index < -0.39 is 0 Å². The van der Waals surface area contributed by atoms with E-state index in [9.17, 15) is 0 Å². The van der Waals surface area contributed by atoms with Crippen LogP contribution in [0.15, 0.2) is 24.3 Å². The van der Waals surface area contributed by atoms with Crippen molar-refractivity contribution in [3.8, 4) is 0 Å². The maximum atomic E-state index is 6.26. The molecule has 1 aromatic rings. The van der Waals surface area contributed by atoms with Crippen molar-refractivity contribution in [3.63, 3.8) is 0 Å². The van der Waals surface area contributed by atoms with Crippen molar-refractivity contribution in [2.75, 3.05) is 0 Å². The van der Waals surface area contributed by atoms with E-state index in [4.69, 9.17) is 5.73 Å². The molecule has 1 aliphatic rings. The van der Waals surface area contributed by atoms with Gasteiger partial charge in [0.1, 0.15) is 0 Å². The molecule has 82 valence electrons. The summed E-state index contributed by atoms with van der Waals surface area (Å²) in [4.78, 5) is 0. The van der Waals surface area contributed by atoms with E-state index in [1.807, 2.05) is 0 Å². The third-order valence-electron chi connectivity index (χ3n) is 3.54. The average Bonchev–Trinajstić information content (AvgIpc) is 2.43. The van der Waals surface area contributed by atoms with Crippen molar-refractivity contribution in [1.82, 2.24) is 0 Å². The van der Waals surface area contributed by atoms with Gasteiger partial charge in [-0.25, -0.2) is 0 Å². The molecule has 2 atom stereocenters. The Hall–Kier alpha value is -0.820. The van der Waals surface area contributed by atoms with Crippen LogP contribution in [0.25, 0.3) is 0 Å². The Bertz CT molecular complexity index is 319. The Morgan fingerprint density at radius 2 is 1.93 bits per heavy atom. The van der Waals surface area contributed by atoms with Gasteiger partial charge < -0.3 is 5.73 Å². The van der Waals surface area contributed by atoms with Crippen LogP contribution >= 0.6 is 0 Å². The second kappa shape index (κ2) is 4.80. The van der Waals surface area contributed by atoms with Crippen LogP contribution in [0.1, 0.15) is 49.1 Å². The molecule has 0 radical (unpaired) electrons. The zero-order valence-corrected chi connectivity index (χ0v) is 9.58. The van der Waals surface area contributed by atoms with E-state index >= 15 is 0 Å². The van der Waals surface area contributed by atoms with Crippen LogP contribution < -0.4 is 5.73 Å². The largest absolute Gasteiger partial charge is 0.327 e. The number of hydrogen-bond donors (Lipinski definition) is 1. The molecule has 2 unspecified atom stereocenters. The monoisotopic (exact) mass is 203 g/mol. The molecule has 0 saturated heterocycles. The summed E-state index contributed by atoms with van der Waals surface area (Å²) < 4.78 is 0. The van der Waals surface area contributed by atoms with E-state index in [1.165, 1.54) is 43.2 Å². The van der Waals surface area contributed by atoms with E-state index in [0.717, 1.165) is 0 Å². The lowest BCUT2D eigenvalue weighted by molar-refractivity contribution is 0.505. The van der Waals surface area contributed by atoms with Gasteiger partial charge in [-0.15, -0.1) is 0 Å². The number of hydrogen-bond acceptors (Lipinski definition) is 1. The molecule has 1 aliphatic carbocycles. The minimum absolute atomic E-state index is 0.370. The van der Waals surface area contributed by atoms with Crippen molar-refractivity contribution >= 4 is 0 Å². The highest BCUT2D eigenvalue weighted by Crippen LogP contribution is 2.31. The number of benzene rings is 1. The molecule has 15 heavy (non-hydrogen) atoms. The molecule has 1 fully saturated rings. The van der Waals surface area contributed by atoms with Crippen molar-refractivity contribution in [2.24, 2.45) is 5.73 Å². The van der Waals surface area contributed by atoms with Gasteiger partial charge in [-0.2, -0.15) is 0 Å². The first-order valence-corrected chi connectivity index (χ1v) is 6.09. The molecule has 0 spiro atoms. The van der Waals surface area contributed by atoms with Crippen molar-refractivity contribution in [2.45, 2.75) is 51.0 Å². The second-order valence-electron chi connectivity index (χ2n) is 4.82. The number of aryl methyl sites for hydroxylation is 1. The first kappa shape index (κ1) is 10.7. The fourth-order valence-electron chi connectivity index (χ4n) is 2.65. The Balaban J connectivity index is 2.20. The maximum absolute atomic E-state index is 6.26. The summed E-state index contributed by atoms with van der Waals surface area (Å²) in [5.41, 5.74) is 9.06. The quantitative estimate of drug-likeness (QED) is 0.696. The Labute approximate surface area is 92.7 Å². The van der Waals surface area contributed by atoms with Crippen molar-refractivity contribution < 1.29 is 0 Å². The number of nitrogens with two attached hydrogens (primary N) is 1. The van der Waals surface area contributed by atoms with Crippen molar-refractivity contribution in [1.29, 1.82) is 0 Å². The van der Waals surface area contributed by atoms with Gasteiger partial charge in [0.25, 0.3) is 0 Å². The Morgan fingerprint density at radius 1 is 1.13 bits per heavy atom. The van der Waals surface area contributed by atoms with Gasteiger partial charge in [-0.1, -0.05) is 49.1 Å².